The Labute approximate surface area is 116 Å². The summed E-state index contributed by atoms with van der Waals surface area (Å²) in [5.41, 5.74) is 0.489. The highest BCUT2D eigenvalue weighted by Gasteiger charge is 2.18. The van der Waals surface area contributed by atoms with Crippen molar-refractivity contribution >= 4 is 5.95 Å². The molecule has 3 nitrogen and oxygen atoms in total. The number of anilines is 1. The van der Waals surface area contributed by atoms with Crippen LogP contribution in [0.2, 0.25) is 0 Å². The second kappa shape index (κ2) is 5.23. The number of rotatable bonds is 3. The summed E-state index contributed by atoms with van der Waals surface area (Å²) in [7, 11) is 0. The number of imidazole rings is 1. The van der Waals surface area contributed by atoms with Gasteiger partial charge in [-0.15, -0.1) is 0 Å². The van der Waals surface area contributed by atoms with E-state index in [0.29, 0.717) is 17.6 Å². The van der Waals surface area contributed by atoms with Crippen LogP contribution in [0, 0.1) is 18.6 Å². The first-order valence-corrected chi connectivity index (χ1v) is 6.91. The largest absolute Gasteiger partial charge is 0.353 e. The molecule has 1 aromatic carbocycles. The molecule has 0 bridgehead atoms. The Hall–Kier alpha value is -1.91. The zero-order valence-electron chi connectivity index (χ0n) is 11.4. The third-order valence-electron chi connectivity index (χ3n) is 3.82. The van der Waals surface area contributed by atoms with E-state index < -0.39 is 11.6 Å². The Balaban J connectivity index is 1.94. The molecule has 0 amide bonds. The van der Waals surface area contributed by atoms with Gasteiger partial charge in [-0.3, -0.25) is 4.57 Å². The van der Waals surface area contributed by atoms with Gasteiger partial charge in [0.15, 0.2) is 0 Å². The van der Waals surface area contributed by atoms with Gasteiger partial charge in [0.2, 0.25) is 5.95 Å². The van der Waals surface area contributed by atoms with E-state index in [1.807, 2.05) is 0 Å². The molecular formula is C15H17F2N3. The molecule has 1 aliphatic carbocycles. The fourth-order valence-corrected chi connectivity index (χ4v) is 2.68. The van der Waals surface area contributed by atoms with Gasteiger partial charge in [-0.2, -0.15) is 0 Å². The third-order valence-corrected chi connectivity index (χ3v) is 3.82. The van der Waals surface area contributed by atoms with E-state index in [1.54, 1.807) is 23.9 Å². The molecule has 0 radical (unpaired) electrons. The lowest BCUT2D eigenvalue weighted by Crippen LogP contribution is -2.18. The fraction of sp³-hybridized carbons (Fsp3) is 0.400. The van der Waals surface area contributed by atoms with E-state index in [9.17, 15) is 8.78 Å². The minimum Gasteiger partial charge on any atom is -0.353 e. The van der Waals surface area contributed by atoms with Gasteiger partial charge in [-0.05, 0) is 31.4 Å². The van der Waals surface area contributed by atoms with Gasteiger partial charge in [0.25, 0.3) is 0 Å². The van der Waals surface area contributed by atoms with Crippen molar-refractivity contribution < 1.29 is 8.78 Å². The average Bonchev–Trinajstić information content (AvgIpc) is 3.06. The number of nitrogens with zero attached hydrogens (tertiary/aromatic N) is 2. The molecule has 1 saturated carbocycles. The quantitative estimate of drug-likeness (QED) is 0.924. The first-order chi connectivity index (χ1) is 9.65. The van der Waals surface area contributed by atoms with Crippen LogP contribution in [0.15, 0.2) is 24.5 Å². The van der Waals surface area contributed by atoms with Crippen molar-refractivity contribution in [1.29, 1.82) is 0 Å². The monoisotopic (exact) mass is 277 g/mol. The van der Waals surface area contributed by atoms with Crippen molar-refractivity contribution in [3.05, 3.63) is 41.7 Å². The summed E-state index contributed by atoms with van der Waals surface area (Å²) in [5.74, 6) is -0.294. The molecule has 1 aromatic heterocycles. The van der Waals surface area contributed by atoms with Gasteiger partial charge in [0.05, 0.1) is 5.69 Å². The second-order valence-corrected chi connectivity index (χ2v) is 5.30. The average molecular weight is 277 g/mol. The van der Waals surface area contributed by atoms with Crippen LogP contribution in [-0.4, -0.2) is 15.6 Å². The summed E-state index contributed by atoms with van der Waals surface area (Å²) >= 11 is 0. The van der Waals surface area contributed by atoms with Crippen LogP contribution in [0.3, 0.4) is 0 Å². The summed E-state index contributed by atoms with van der Waals surface area (Å²) in [5, 5.41) is 3.31. The maximum atomic E-state index is 14.0. The number of aromatic nitrogens is 2. The highest BCUT2D eigenvalue weighted by Crippen LogP contribution is 2.25. The van der Waals surface area contributed by atoms with Crippen molar-refractivity contribution in [2.24, 2.45) is 0 Å². The van der Waals surface area contributed by atoms with E-state index >= 15 is 0 Å². The summed E-state index contributed by atoms with van der Waals surface area (Å²) in [6.07, 6.45) is 7.83. The van der Waals surface area contributed by atoms with Gasteiger partial charge < -0.3 is 5.32 Å². The second-order valence-electron chi connectivity index (χ2n) is 5.30. The highest BCUT2D eigenvalue weighted by atomic mass is 19.1. The van der Waals surface area contributed by atoms with Crippen LogP contribution in [-0.2, 0) is 0 Å². The fourth-order valence-electron chi connectivity index (χ4n) is 2.68. The van der Waals surface area contributed by atoms with E-state index in [4.69, 9.17) is 0 Å². The maximum Gasteiger partial charge on any atom is 0.207 e. The molecule has 1 heterocycles. The van der Waals surface area contributed by atoms with E-state index in [2.05, 4.69) is 10.3 Å². The van der Waals surface area contributed by atoms with Crippen molar-refractivity contribution in [2.45, 2.75) is 38.6 Å². The Kier molecular flexibility index (Phi) is 3.42. The molecule has 2 aromatic rings. The molecule has 0 aliphatic heterocycles. The van der Waals surface area contributed by atoms with Crippen LogP contribution in [0.1, 0.15) is 31.2 Å². The number of hydrogen-bond donors (Lipinski definition) is 1. The van der Waals surface area contributed by atoms with Crippen molar-refractivity contribution in [3.8, 4) is 5.69 Å². The predicted molar refractivity (Wildman–Crippen MR) is 74.1 cm³/mol. The smallest absolute Gasteiger partial charge is 0.207 e. The van der Waals surface area contributed by atoms with Crippen LogP contribution in [0.5, 0.6) is 0 Å². The minimum absolute atomic E-state index is 0.186. The molecule has 5 heteroatoms. The first-order valence-electron chi connectivity index (χ1n) is 6.91. The Morgan fingerprint density at radius 3 is 2.70 bits per heavy atom. The van der Waals surface area contributed by atoms with Crippen molar-refractivity contribution in [3.63, 3.8) is 0 Å². The van der Waals surface area contributed by atoms with Crippen molar-refractivity contribution in [1.82, 2.24) is 9.55 Å². The maximum absolute atomic E-state index is 14.0. The van der Waals surface area contributed by atoms with Crippen LogP contribution >= 0.6 is 0 Å². The summed E-state index contributed by atoms with van der Waals surface area (Å²) in [6, 6.07) is 2.80. The van der Waals surface area contributed by atoms with Crippen LogP contribution in [0.4, 0.5) is 14.7 Å². The Bertz CT molecular complexity index is 616. The molecule has 0 spiro atoms. The van der Waals surface area contributed by atoms with Gasteiger partial charge >= 0.3 is 0 Å². The number of hydrogen-bond acceptors (Lipinski definition) is 2. The summed E-state index contributed by atoms with van der Waals surface area (Å²) in [4.78, 5) is 4.21. The molecule has 3 rings (SSSR count). The third kappa shape index (κ3) is 2.40. The van der Waals surface area contributed by atoms with E-state index in [1.165, 1.54) is 25.0 Å². The molecule has 0 unspecified atom stereocenters. The number of halogens is 2. The lowest BCUT2D eigenvalue weighted by molar-refractivity contribution is 0.585. The molecule has 1 N–H and O–H groups in total. The summed E-state index contributed by atoms with van der Waals surface area (Å²) in [6.45, 7) is 1.55. The molecule has 106 valence electrons. The standard InChI is InChI=1S/C15H17F2N3/c1-10-8-13(17)14(9-12(10)16)20-7-6-18-15(20)19-11-4-2-3-5-11/h6-9,11H,2-5H2,1H3,(H,18,19). The Morgan fingerprint density at radius 1 is 1.20 bits per heavy atom. The molecule has 20 heavy (non-hydrogen) atoms. The highest BCUT2D eigenvalue weighted by molar-refractivity contribution is 5.45. The SMILES string of the molecule is Cc1cc(F)c(-n2ccnc2NC2CCCC2)cc1F. The van der Waals surface area contributed by atoms with E-state index in [0.717, 1.165) is 12.8 Å². The van der Waals surface area contributed by atoms with E-state index in [-0.39, 0.29) is 5.69 Å². The van der Waals surface area contributed by atoms with Gasteiger partial charge in [0.1, 0.15) is 11.6 Å². The number of benzene rings is 1. The van der Waals surface area contributed by atoms with Crippen LogP contribution < -0.4 is 5.32 Å². The Morgan fingerprint density at radius 2 is 1.95 bits per heavy atom. The molecule has 1 fully saturated rings. The lowest BCUT2D eigenvalue weighted by Gasteiger charge is -2.15. The predicted octanol–water partition coefficient (Wildman–Crippen LogP) is 3.81. The zero-order chi connectivity index (χ0) is 14.1. The molecule has 0 saturated heterocycles. The lowest BCUT2D eigenvalue weighted by atomic mass is 10.2. The number of aryl methyl sites for hydroxylation is 1. The zero-order valence-corrected chi connectivity index (χ0v) is 11.4. The van der Waals surface area contributed by atoms with Crippen LogP contribution in [0.25, 0.3) is 5.69 Å². The number of nitrogens with one attached hydrogen (secondary N) is 1. The summed E-state index contributed by atoms with van der Waals surface area (Å²) < 4.78 is 29.3. The molecule has 0 atom stereocenters. The van der Waals surface area contributed by atoms with Gasteiger partial charge in [-0.1, -0.05) is 12.8 Å². The van der Waals surface area contributed by atoms with Gasteiger partial charge in [0, 0.05) is 24.5 Å². The van der Waals surface area contributed by atoms with Crippen molar-refractivity contribution in [2.75, 3.05) is 5.32 Å². The van der Waals surface area contributed by atoms with Gasteiger partial charge in [-0.25, -0.2) is 13.8 Å². The molecule has 1 aliphatic rings. The first kappa shape index (κ1) is 13.1. The topological polar surface area (TPSA) is 29.9 Å². The minimum atomic E-state index is -0.448. The molecular weight excluding hydrogens is 260 g/mol. The normalized spacial score (nSPS) is 15.8.